The van der Waals surface area contributed by atoms with Gasteiger partial charge in [0, 0.05) is 54.9 Å². The fourth-order valence-corrected chi connectivity index (χ4v) is 3.12. The predicted molar refractivity (Wildman–Crippen MR) is 136 cm³/mol. The number of aromatic nitrogens is 2. The Balaban J connectivity index is 0.000000319. The molecule has 2 heterocycles. The molecule has 0 aliphatic rings. The average Bonchev–Trinajstić information content (AvgIpc) is 2.89. The van der Waals surface area contributed by atoms with Gasteiger partial charge in [-0.15, -0.1) is 0 Å². The van der Waals surface area contributed by atoms with E-state index in [1.165, 1.54) is 25.6 Å². The maximum absolute atomic E-state index is 14.2. The molecule has 0 amide bonds. The van der Waals surface area contributed by atoms with Crippen LogP contribution in [0.25, 0.3) is 10.9 Å². The molecule has 10 heteroatoms. The monoisotopic (exact) mass is 511 g/mol. The van der Waals surface area contributed by atoms with E-state index < -0.39 is 23.0 Å². The first-order chi connectivity index (χ1) is 17.6. The molecule has 0 unspecified atom stereocenters. The first kappa shape index (κ1) is 27.3. The number of ether oxygens (including phenoxy) is 3. The second-order valence-corrected chi connectivity index (χ2v) is 8.45. The Morgan fingerprint density at radius 2 is 1.76 bits per heavy atom. The highest BCUT2D eigenvalue weighted by Crippen LogP contribution is 2.34. The van der Waals surface area contributed by atoms with Gasteiger partial charge in [-0.2, -0.15) is 0 Å². The molecule has 0 atom stereocenters. The number of aldehydes is 1. The van der Waals surface area contributed by atoms with E-state index in [2.05, 4.69) is 15.3 Å². The number of halogens is 2. The summed E-state index contributed by atoms with van der Waals surface area (Å²) >= 11 is 0. The molecule has 0 aliphatic heterocycles. The van der Waals surface area contributed by atoms with E-state index in [4.69, 9.17) is 14.2 Å². The van der Waals surface area contributed by atoms with Crippen molar-refractivity contribution in [1.82, 2.24) is 9.97 Å². The van der Waals surface area contributed by atoms with E-state index in [1.54, 1.807) is 51.4 Å². The van der Waals surface area contributed by atoms with Crippen LogP contribution in [0.2, 0.25) is 0 Å². The van der Waals surface area contributed by atoms with Crippen LogP contribution in [0.1, 0.15) is 24.2 Å². The smallest absolute Gasteiger partial charge is 0.198 e. The van der Waals surface area contributed by atoms with Gasteiger partial charge < -0.3 is 24.6 Å². The van der Waals surface area contributed by atoms with E-state index in [0.717, 1.165) is 12.1 Å². The van der Waals surface area contributed by atoms with Gasteiger partial charge >= 0.3 is 0 Å². The lowest BCUT2D eigenvalue weighted by atomic mass is 10.1. The predicted octanol–water partition coefficient (Wildman–Crippen LogP) is 5.40. The number of rotatable bonds is 8. The van der Waals surface area contributed by atoms with Crippen LogP contribution in [0.15, 0.2) is 61.1 Å². The number of benzene rings is 2. The molecule has 0 bridgehead atoms. The molecule has 0 radical (unpaired) electrons. The van der Waals surface area contributed by atoms with Crippen molar-refractivity contribution < 1.29 is 32.9 Å². The third-order valence-corrected chi connectivity index (χ3v) is 4.92. The van der Waals surface area contributed by atoms with Gasteiger partial charge in [-0.3, -0.25) is 14.8 Å². The summed E-state index contributed by atoms with van der Waals surface area (Å²) in [5.41, 5.74) is 0.353. The largest absolute Gasteiger partial charge is 0.496 e. The second kappa shape index (κ2) is 12.1. The maximum Gasteiger partial charge on any atom is 0.198 e. The summed E-state index contributed by atoms with van der Waals surface area (Å²) in [5, 5.41) is 13.0. The van der Waals surface area contributed by atoms with E-state index in [0.29, 0.717) is 39.9 Å². The fourth-order valence-electron chi connectivity index (χ4n) is 3.12. The summed E-state index contributed by atoms with van der Waals surface area (Å²) in [6, 6.07) is 10.5. The third kappa shape index (κ3) is 7.34. The summed E-state index contributed by atoms with van der Waals surface area (Å²) < 4.78 is 44.3. The van der Waals surface area contributed by atoms with Crippen molar-refractivity contribution in [3.05, 3.63) is 78.3 Å². The number of anilines is 1. The summed E-state index contributed by atoms with van der Waals surface area (Å²) in [7, 11) is 3.09. The lowest BCUT2D eigenvalue weighted by molar-refractivity contribution is 0.0285. The summed E-state index contributed by atoms with van der Waals surface area (Å²) in [5.74, 6) is -0.758. The van der Waals surface area contributed by atoms with Gasteiger partial charge in [0.1, 0.15) is 23.9 Å². The van der Waals surface area contributed by atoms with E-state index in [-0.39, 0.29) is 12.4 Å². The summed E-state index contributed by atoms with van der Waals surface area (Å²) in [4.78, 5) is 18.3. The molecule has 0 spiro atoms. The number of aliphatic hydroxyl groups is 1. The molecule has 2 N–H and O–H groups in total. The van der Waals surface area contributed by atoms with Crippen LogP contribution in [0, 0.1) is 11.6 Å². The van der Waals surface area contributed by atoms with Gasteiger partial charge in [0.05, 0.1) is 23.8 Å². The van der Waals surface area contributed by atoms with Crippen LogP contribution in [-0.4, -0.2) is 47.7 Å². The highest BCUT2D eigenvalue weighted by Gasteiger charge is 2.16. The SMILES string of the molecule is CNc1cc(F)c(Oc2ccnc3cc(OCC(C)(C)O)ccc23)c(F)c1.COc1ccncc1C=O. The average molecular weight is 512 g/mol. The van der Waals surface area contributed by atoms with Crippen molar-refractivity contribution in [3.8, 4) is 23.0 Å². The minimum atomic E-state index is -0.970. The van der Waals surface area contributed by atoms with Crippen molar-refractivity contribution in [1.29, 1.82) is 0 Å². The van der Waals surface area contributed by atoms with Crippen LogP contribution in [0.4, 0.5) is 14.5 Å². The zero-order valence-electron chi connectivity index (χ0n) is 20.8. The molecule has 0 saturated carbocycles. The molecule has 37 heavy (non-hydrogen) atoms. The molecule has 194 valence electrons. The Hall–Kier alpha value is -4.31. The van der Waals surface area contributed by atoms with Crippen molar-refractivity contribution in [3.63, 3.8) is 0 Å². The minimum absolute atomic E-state index is 0.114. The van der Waals surface area contributed by atoms with Crippen molar-refractivity contribution in [2.24, 2.45) is 0 Å². The zero-order chi connectivity index (χ0) is 27.0. The Bertz CT molecular complexity index is 1350. The molecule has 2 aromatic carbocycles. The number of nitrogens with one attached hydrogen (secondary N) is 1. The van der Waals surface area contributed by atoms with Crippen LogP contribution < -0.4 is 19.5 Å². The van der Waals surface area contributed by atoms with Crippen molar-refractivity contribution in [2.75, 3.05) is 26.1 Å². The minimum Gasteiger partial charge on any atom is -0.496 e. The topological polar surface area (TPSA) is 103 Å². The number of carbonyl (C=O) groups excluding carboxylic acids is 1. The Kier molecular flexibility index (Phi) is 8.91. The standard InChI is InChI=1S/C20H20F2N2O3.C7H7NO2/c1-20(2,25)11-26-13-4-5-14-17(10-13)24-7-6-18(14)27-19-15(21)8-12(23-3)9-16(19)22;1-10-7-2-3-8-4-6(7)5-9/h4-10,23,25H,11H2,1-3H3;2-5H,1H3. The Morgan fingerprint density at radius 1 is 1.05 bits per heavy atom. The van der Waals surface area contributed by atoms with E-state index >= 15 is 0 Å². The van der Waals surface area contributed by atoms with Gasteiger partial charge in [0.15, 0.2) is 23.7 Å². The number of pyridine rings is 2. The van der Waals surface area contributed by atoms with Crippen LogP contribution >= 0.6 is 0 Å². The molecule has 0 fully saturated rings. The molecule has 4 aromatic rings. The lowest BCUT2D eigenvalue weighted by Crippen LogP contribution is -2.27. The first-order valence-electron chi connectivity index (χ1n) is 11.2. The lowest BCUT2D eigenvalue weighted by Gasteiger charge is -2.18. The maximum atomic E-state index is 14.2. The molecule has 2 aromatic heterocycles. The van der Waals surface area contributed by atoms with Crippen molar-refractivity contribution >= 4 is 22.9 Å². The second-order valence-electron chi connectivity index (χ2n) is 8.45. The first-order valence-corrected chi connectivity index (χ1v) is 11.2. The molecular weight excluding hydrogens is 484 g/mol. The highest BCUT2D eigenvalue weighted by molar-refractivity contribution is 5.86. The van der Waals surface area contributed by atoms with E-state index in [1.807, 2.05) is 0 Å². The number of methoxy groups -OCH3 is 1. The Labute approximate surface area is 212 Å². The number of hydrogen-bond acceptors (Lipinski definition) is 8. The van der Waals surface area contributed by atoms with Gasteiger partial charge in [0.25, 0.3) is 0 Å². The number of hydrogen-bond donors (Lipinski definition) is 2. The normalized spacial score (nSPS) is 10.8. The summed E-state index contributed by atoms with van der Waals surface area (Å²) in [6.45, 7) is 3.39. The molecule has 8 nitrogen and oxygen atoms in total. The quantitative estimate of drug-likeness (QED) is 0.303. The van der Waals surface area contributed by atoms with Gasteiger partial charge in [-0.25, -0.2) is 8.78 Å². The van der Waals surface area contributed by atoms with Crippen LogP contribution in [0.5, 0.6) is 23.0 Å². The van der Waals surface area contributed by atoms with Gasteiger partial charge in [-0.05, 0) is 38.1 Å². The summed E-state index contributed by atoms with van der Waals surface area (Å²) in [6.07, 6.45) is 5.23. The van der Waals surface area contributed by atoms with Crippen LogP contribution in [0.3, 0.4) is 0 Å². The molecular formula is C27H27F2N3O5. The Morgan fingerprint density at radius 3 is 2.35 bits per heavy atom. The van der Waals surface area contributed by atoms with E-state index in [9.17, 15) is 18.7 Å². The number of carbonyl (C=O) groups is 1. The zero-order valence-corrected chi connectivity index (χ0v) is 20.8. The third-order valence-electron chi connectivity index (χ3n) is 4.92. The fraction of sp³-hybridized carbons (Fsp3) is 0.222. The molecule has 0 saturated heterocycles. The molecule has 4 rings (SSSR count). The van der Waals surface area contributed by atoms with Gasteiger partial charge in [-0.1, -0.05) is 0 Å². The molecule has 0 aliphatic carbocycles. The highest BCUT2D eigenvalue weighted by atomic mass is 19.1. The van der Waals surface area contributed by atoms with Crippen molar-refractivity contribution in [2.45, 2.75) is 19.4 Å². The van der Waals surface area contributed by atoms with Crippen LogP contribution in [-0.2, 0) is 0 Å². The number of nitrogens with zero attached hydrogens (tertiary/aromatic N) is 2. The number of fused-ring (bicyclic) bond motifs is 1. The van der Waals surface area contributed by atoms with Gasteiger partial charge in [0.2, 0.25) is 0 Å².